The van der Waals surface area contributed by atoms with Crippen LogP contribution in [0.4, 0.5) is 0 Å². The summed E-state index contributed by atoms with van der Waals surface area (Å²) in [5.74, 6) is -1.56. The highest BCUT2D eigenvalue weighted by Crippen LogP contribution is 2.15. The maximum absolute atomic E-state index is 10.1. The number of hydrogen-bond donors (Lipinski definition) is 2. The lowest BCUT2D eigenvalue weighted by Crippen LogP contribution is -1.92. The molecule has 0 amide bonds. The molecule has 0 spiro atoms. The summed E-state index contributed by atoms with van der Waals surface area (Å²) in [6.07, 6.45) is 0. The molecular weight excluding hydrogens is 142 g/mol. The van der Waals surface area contributed by atoms with Gasteiger partial charge in [-0.3, -0.25) is 0 Å². The van der Waals surface area contributed by atoms with Gasteiger partial charge in [0.1, 0.15) is 5.56 Å². The van der Waals surface area contributed by atoms with Crippen LogP contribution in [0.3, 0.4) is 0 Å². The van der Waals surface area contributed by atoms with Gasteiger partial charge in [-0.15, -0.1) is 0 Å². The predicted octanol–water partition coefficient (Wildman–Crippen LogP) is 0.547. The van der Waals surface area contributed by atoms with E-state index in [9.17, 15) is 4.79 Å². The minimum atomic E-state index is -1.15. The average molecular weight is 145 g/mol. The first-order valence-corrected chi connectivity index (χ1v) is 2.92. The molecule has 4 nitrogen and oxygen atoms in total. The lowest BCUT2D eigenvalue weighted by atomic mass is 10.4. The summed E-state index contributed by atoms with van der Waals surface area (Å²) < 4.78 is 3.35. The van der Waals surface area contributed by atoms with Gasteiger partial charge in [0.15, 0.2) is 0 Å². The smallest absolute Gasteiger partial charge is 0.342 e. The van der Waals surface area contributed by atoms with Crippen LogP contribution in [0.1, 0.15) is 10.4 Å². The highest BCUT2D eigenvalue weighted by atomic mass is 32.1. The second kappa shape index (κ2) is 2.02. The molecule has 0 saturated heterocycles. The Morgan fingerprint density at radius 3 is 2.67 bits per heavy atom. The Balaban J connectivity index is 3.08. The second-order valence-corrected chi connectivity index (χ2v) is 1.99. The highest BCUT2D eigenvalue weighted by Gasteiger charge is 2.10. The number of aromatic hydroxyl groups is 1. The molecule has 0 fully saturated rings. The molecule has 48 valence electrons. The Morgan fingerprint density at radius 2 is 2.44 bits per heavy atom. The summed E-state index contributed by atoms with van der Waals surface area (Å²) in [6, 6.07) is 0. The fourth-order valence-electron chi connectivity index (χ4n) is 0.377. The van der Waals surface area contributed by atoms with Crippen molar-refractivity contribution in [3.8, 4) is 5.88 Å². The van der Waals surface area contributed by atoms with Crippen LogP contribution in [0.15, 0.2) is 5.38 Å². The molecule has 0 aliphatic carbocycles. The van der Waals surface area contributed by atoms with Crippen LogP contribution in [0.5, 0.6) is 5.88 Å². The van der Waals surface area contributed by atoms with Crippen LogP contribution < -0.4 is 0 Å². The van der Waals surface area contributed by atoms with Crippen LogP contribution in [-0.2, 0) is 0 Å². The second-order valence-electron chi connectivity index (χ2n) is 1.36. The van der Waals surface area contributed by atoms with Gasteiger partial charge in [0.2, 0.25) is 5.88 Å². The normalized spacial score (nSPS) is 9.33. The molecule has 0 aromatic carbocycles. The zero-order chi connectivity index (χ0) is 6.85. The van der Waals surface area contributed by atoms with E-state index in [-0.39, 0.29) is 5.56 Å². The molecular formula is C4H3NO3S. The van der Waals surface area contributed by atoms with Gasteiger partial charge in [-0.25, -0.2) is 4.79 Å². The van der Waals surface area contributed by atoms with E-state index in [0.717, 1.165) is 11.5 Å². The van der Waals surface area contributed by atoms with E-state index >= 15 is 0 Å². The first kappa shape index (κ1) is 6.03. The minimum absolute atomic E-state index is 0.139. The van der Waals surface area contributed by atoms with Crippen LogP contribution in [0.2, 0.25) is 0 Å². The lowest BCUT2D eigenvalue weighted by molar-refractivity contribution is 0.0694. The largest absolute Gasteiger partial charge is 0.492 e. The van der Waals surface area contributed by atoms with E-state index in [4.69, 9.17) is 10.2 Å². The van der Waals surface area contributed by atoms with Crippen molar-refractivity contribution < 1.29 is 15.0 Å². The molecule has 9 heavy (non-hydrogen) atoms. The molecule has 0 aliphatic heterocycles. The number of carboxylic acid groups (broad SMARTS) is 1. The zero-order valence-electron chi connectivity index (χ0n) is 4.24. The van der Waals surface area contributed by atoms with E-state index in [1.165, 1.54) is 5.38 Å². The number of carbonyl (C=O) groups is 1. The van der Waals surface area contributed by atoms with Crippen molar-refractivity contribution in [1.29, 1.82) is 0 Å². The first-order valence-electron chi connectivity index (χ1n) is 2.08. The Hall–Kier alpha value is -1.10. The van der Waals surface area contributed by atoms with Crippen LogP contribution >= 0.6 is 11.5 Å². The number of aromatic nitrogens is 1. The molecule has 1 aromatic rings. The minimum Gasteiger partial charge on any atom is -0.492 e. The maximum atomic E-state index is 10.1. The third-order valence-corrected chi connectivity index (χ3v) is 1.40. The standard InChI is InChI=1S/C4H3NO3S/c6-3-2(4(7)8)1-9-5-3/h1H,(H,5,6)(H,7,8). The summed E-state index contributed by atoms with van der Waals surface area (Å²) in [4.78, 5) is 10.1. The number of carboxylic acids is 1. The fraction of sp³-hybridized carbons (Fsp3) is 0. The van der Waals surface area contributed by atoms with Gasteiger partial charge in [-0.1, -0.05) is 0 Å². The number of rotatable bonds is 1. The van der Waals surface area contributed by atoms with Crippen molar-refractivity contribution in [2.24, 2.45) is 0 Å². The fourth-order valence-corrected chi connectivity index (χ4v) is 0.939. The van der Waals surface area contributed by atoms with Crippen molar-refractivity contribution >= 4 is 17.5 Å². The van der Waals surface area contributed by atoms with Crippen LogP contribution in [0, 0.1) is 0 Å². The van der Waals surface area contributed by atoms with Gasteiger partial charge in [0.05, 0.1) is 0 Å². The van der Waals surface area contributed by atoms with E-state index in [1.807, 2.05) is 0 Å². The highest BCUT2D eigenvalue weighted by molar-refractivity contribution is 7.04. The van der Waals surface area contributed by atoms with E-state index < -0.39 is 11.8 Å². The summed E-state index contributed by atoms with van der Waals surface area (Å²) in [5, 5.41) is 18.2. The molecule has 0 atom stereocenters. The summed E-state index contributed by atoms with van der Waals surface area (Å²) in [6.45, 7) is 0. The van der Waals surface area contributed by atoms with Gasteiger partial charge in [0.25, 0.3) is 0 Å². The molecule has 1 rings (SSSR count). The predicted molar refractivity (Wildman–Crippen MR) is 30.7 cm³/mol. The van der Waals surface area contributed by atoms with Gasteiger partial charge < -0.3 is 10.2 Å². The number of aromatic carboxylic acids is 1. The van der Waals surface area contributed by atoms with Crippen molar-refractivity contribution in [3.05, 3.63) is 10.9 Å². The average Bonchev–Trinajstić information content (AvgIpc) is 2.13. The summed E-state index contributed by atoms with van der Waals surface area (Å²) in [7, 11) is 0. The van der Waals surface area contributed by atoms with Crippen molar-refractivity contribution in [2.45, 2.75) is 0 Å². The zero-order valence-corrected chi connectivity index (χ0v) is 5.05. The topological polar surface area (TPSA) is 70.4 Å². The third kappa shape index (κ3) is 0.996. The van der Waals surface area contributed by atoms with Crippen molar-refractivity contribution in [3.63, 3.8) is 0 Å². The number of hydrogen-bond acceptors (Lipinski definition) is 4. The molecule has 0 unspecified atom stereocenters. The molecule has 0 bridgehead atoms. The SMILES string of the molecule is O=C(O)c1csnc1O. The van der Waals surface area contributed by atoms with Gasteiger partial charge in [-0.05, 0) is 11.5 Å². The Bertz CT molecular complexity index is 231. The molecule has 5 heteroatoms. The lowest BCUT2D eigenvalue weighted by Gasteiger charge is -1.83. The first-order chi connectivity index (χ1) is 4.22. The molecule has 0 radical (unpaired) electrons. The monoisotopic (exact) mass is 145 g/mol. The maximum Gasteiger partial charge on any atom is 0.342 e. The van der Waals surface area contributed by atoms with Gasteiger partial charge >= 0.3 is 5.97 Å². The molecule has 2 N–H and O–H groups in total. The Kier molecular flexibility index (Phi) is 1.35. The van der Waals surface area contributed by atoms with Crippen molar-refractivity contribution in [2.75, 3.05) is 0 Å². The van der Waals surface area contributed by atoms with E-state index in [0.29, 0.717) is 0 Å². The van der Waals surface area contributed by atoms with Gasteiger partial charge in [0, 0.05) is 5.38 Å². The quantitative estimate of drug-likeness (QED) is 0.605. The molecule has 1 aromatic heterocycles. The Labute approximate surface area is 54.5 Å². The molecule has 1 heterocycles. The number of nitrogens with zero attached hydrogens (tertiary/aromatic N) is 1. The summed E-state index contributed by atoms with van der Waals surface area (Å²) >= 11 is 0.914. The van der Waals surface area contributed by atoms with Crippen LogP contribution in [-0.4, -0.2) is 20.6 Å². The van der Waals surface area contributed by atoms with Crippen molar-refractivity contribution in [1.82, 2.24) is 4.37 Å². The van der Waals surface area contributed by atoms with Gasteiger partial charge in [-0.2, -0.15) is 4.37 Å². The van der Waals surface area contributed by atoms with Crippen LogP contribution in [0.25, 0.3) is 0 Å². The third-order valence-electron chi connectivity index (χ3n) is 0.781. The van der Waals surface area contributed by atoms with E-state index in [2.05, 4.69) is 4.37 Å². The Morgan fingerprint density at radius 1 is 1.78 bits per heavy atom. The summed E-state index contributed by atoms with van der Waals surface area (Å²) in [5.41, 5.74) is -0.139. The molecule has 0 saturated carbocycles. The molecule has 0 aliphatic rings. The van der Waals surface area contributed by atoms with E-state index in [1.54, 1.807) is 0 Å².